The molecular weight excluding hydrogens is 667 g/mol. The zero-order valence-corrected chi connectivity index (χ0v) is 26.8. The molecule has 1 aliphatic carbocycles. The van der Waals surface area contributed by atoms with Gasteiger partial charge in [0.15, 0.2) is 0 Å². The van der Waals surface area contributed by atoms with Gasteiger partial charge in [0.05, 0.1) is 45.8 Å². The number of nitrogens with one attached hydrogen (secondary N) is 2. The zero-order chi connectivity index (χ0) is 33.6. The third kappa shape index (κ3) is 6.50. The zero-order valence-electron chi connectivity index (χ0n) is 25.3. The summed E-state index contributed by atoms with van der Waals surface area (Å²) in [6.45, 7) is 1.40. The minimum absolute atomic E-state index is 0.0450. The molecule has 7 rings (SSSR count). The van der Waals surface area contributed by atoms with Crippen LogP contribution < -0.4 is 10.6 Å². The van der Waals surface area contributed by atoms with E-state index in [1.807, 2.05) is 10.9 Å². The highest BCUT2D eigenvalue weighted by Gasteiger charge is 2.48. The standard InChI is InChI=1S/C34H28Cl2F4N8/c35-21-11-26-31(43-23-5-6-28(38)27(36)13-23)20(16-41)17-42-33(26)29(12-21)44-32(19-1-3-22(37)4-2-19)30-18-48(46-45-30)24-7-9-47(10-8-24)25-14-34(39,40)15-25/h1-6,11-13,17-18,24-25,32,44H,7-10,14-15H2,(H,42,43)/t32-/m0/s1. The molecule has 5 aromatic rings. The molecule has 0 radical (unpaired) electrons. The number of aromatic nitrogens is 4. The van der Waals surface area contributed by atoms with Crippen molar-refractivity contribution in [3.05, 3.63) is 105 Å². The van der Waals surface area contributed by atoms with Gasteiger partial charge in [-0.15, -0.1) is 5.10 Å². The summed E-state index contributed by atoms with van der Waals surface area (Å²) in [7, 11) is 0. The monoisotopic (exact) mass is 694 g/mol. The first kappa shape index (κ1) is 32.1. The van der Waals surface area contributed by atoms with Crippen molar-refractivity contribution in [2.75, 3.05) is 23.7 Å². The maximum absolute atomic E-state index is 14.0. The molecule has 3 heterocycles. The number of pyridine rings is 1. The van der Waals surface area contributed by atoms with Crippen molar-refractivity contribution in [1.82, 2.24) is 24.9 Å². The van der Waals surface area contributed by atoms with Crippen LogP contribution in [0.1, 0.15) is 54.6 Å². The molecule has 0 amide bonds. The number of benzene rings is 3. The Balaban J connectivity index is 1.20. The quantitative estimate of drug-likeness (QED) is 0.157. The number of alkyl halides is 2. The van der Waals surface area contributed by atoms with Crippen LogP contribution >= 0.6 is 23.2 Å². The fraction of sp³-hybridized carbons (Fsp3) is 0.294. The molecule has 1 aliphatic heterocycles. The molecule has 1 saturated carbocycles. The largest absolute Gasteiger partial charge is 0.371 e. The molecule has 2 N–H and O–H groups in total. The van der Waals surface area contributed by atoms with Crippen molar-refractivity contribution in [2.45, 2.75) is 49.7 Å². The molecule has 1 atom stereocenters. The number of halogens is 6. The lowest BCUT2D eigenvalue weighted by molar-refractivity contribution is -0.128. The number of anilines is 3. The van der Waals surface area contributed by atoms with Crippen LogP contribution in [0.15, 0.2) is 67.0 Å². The van der Waals surface area contributed by atoms with E-state index < -0.39 is 23.6 Å². The van der Waals surface area contributed by atoms with Gasteiger partial charge in [0, 0.05) is 54.3 Å². The molecule has 0 bridgehead atoms. The molecule has 8 nitrogen and oxygen atoms in total. The van der Waals surface area contributed by atoms with Gasteiger partial charge in [0.25, 0.3) is 5.92 Å². The van der Waals surface area contributed by atoms with Gasteiger partial charge >= 0.3 is 0 Å². The summed E-state index contributed by atoms with van der Waals surface area (Å²) < 4.78 is 56.5. The van der Waals surface area contributed by atoms with Crippen LogP contribution in [0.3, 0.4) is 0 Å². The summed E-state index contributed by atoms with van der Waals surface area (Å²) in [6, 6.07) is 15.0. The Labute approximate surface area is 283 Å². The second kappa shape index (κ2) is 12.9. The third-order valence-corrected chi connectivity index (χ3v) is 9.54. The van der Waals surface area contributed by atoms with Crippen LogP contribution in [-0.4, -0.2) is 49.9 Å². The number of likely N-dealkylation sites (tertiary alicyclic amines) is 1. The van der Waals surface area contributed by atoms with Gasteiger partial charge in [-0.25, -0.2) is 22.2 Å². The van der Waals surface area contributed by atoms with Crippen molar-refractivity contribution in [1.29, 1.82) is 5.26 Å². The van der Waals surface area contributed by atoms with Crippen molar-refractivity contribution >= 4 is 51.2 Å². The fourth-order valence-corrected chi connectivity index (χ4v) is 6.86. The third-order valence-electron chi connectivity index (χ3n) is 9.03. The maximum atomic E-state index is 14.0. The van der Waals surface area contributed by atoms with E-state index in [4.69, 9.17) is 23.2 Å². The Bertz CT molecular complexity index is 2010. The van der Waals surface area contributed by atoms with Crippen LogP contribution in [-0.2, 0) is 0 Å². The second-order valence-corrected chi connectivity index (χ2v) is 13.0. The summed E-state index contributed by atoms with van der Waals surface area (Å²) in [6.07, 6.45) is 4.60. The Hall–Kier alpha value is -4.44. The first-order valence-corrected chi connectivity index (χ1v) is 16.1. The summed E-state index contributed by atoms with van der Waals surface area (Å²) in [4.78, 5) is 6.72. The summed E-state index contributed by atoms with van der Waals surface area (Å²) in [5.41, 5.74) is 3.33. The van der Waals surface area contributed by atoms with Gasteiger partial charge in [-0.05, 0) is 60.9 Å². The van der Waals surface area contributed by atoms with Crippen LogP contribution in [0, 0.1) is 23.0 Å². The number of nitriles is 1. The molecule has 14 heteroatoms. The van der Waals surface area contributed by atoms with Gasteiger partial charge in [-0.3, -0.25) is 9.88 Å². The number of rotatable bonds is 8. The number of hydrogen-bond donors (Lipinski definition) is 2. The number of nitrogens with zero attached hydrogens (tertiary/aromatic N) is 6. The topological polar surface area (TPSA) is 94.7 Å². The van der Waals surface area contributed by atoms with Crippen LogP contribution in [0.4, 0.5) is 34.6 Å². The van der Waals surface area contributed by atoms with E-state index in [9.17, 15) is 22.8 Å². The highest BCUT2D eigenvalue weighted by atomic mass is 35.5. The molecule has 0 unspecified atom stereocenters. The predicted molar refractivity (Wildman–Crippen MR) is 176 cm³/mol. The van der Waals surface area contributed by atoms with E-state index in [-0.39, 0.29) is 35.5 Å². The van der Waals surface area contributed by atoms with Crippen molar-refractivity contribution in [2.24, 2.45) is 0 Å². The Kier molecular flexibility index (Phi) is 8.62. The predicted octanol–water partition coefficient (Wildman–Crippen LogP) is 8.66. The van der Waals surface area contributed by atoms with E-state index in [0.717, 1.165) is 12.8 Å². The average Bonchev–Trinajstić information content (AvgIpc) is 3.55. The molecule has 2 aromatic heterocycles. The lowest BCUT2D eigenvalue weighted by atomic mass is 9.85. The Morgan fingerprint density at radius 3 is 2.42 bits per heavy atom. The molecule has 0 spiro atoms. The van der Waals surface area contributed by atoms with Crippen molar-refractivity contribution in [3.63, 3.8) is 0 Å². The van der Waals surface area contributed by atoms with Crippen LogP contribution in [0.25, 0.3) is 10.9 Å². The minimum atomic E-state index is -2.55. The molecule has 2 aliphatic rings. The minimum Gasteiger partial charge on any atom is -0.371 e. The van der Waals surface area contributed by atoms with Crippen molar-refractivity contribution in [3.8, 4) is 6.07 Å². The number of fused-ring (bicyclic) bond motifs is 1. The molecule has 48 heavy (non-hydrogen) atoms. The maximum Gasteiger partial charge on any atom is 0.251 e. The molecule has 3 aromatic carbocycles. The second-order valence-electron chi connectivity index (χ2n) is 12.2. The van der Waals surface area contributed by atoms with E-state index >= 15 is 0 Å². The summed E-state index contributed by atoms with van der Waals surface area (Å²) in [5.74, 6) is -3.53. The molecule has 1 saturated heterocycles. The van der Waals surface area contributed by atoms with E-state index in [1.54, 1.807) is 24.3 Å². The first-order chi connectivity index (χ1) is 23.1. The molecule has 2 fully saturated rings. The Morgan fingerprint density at radius 1 is 0.979 bits per heavy atom. The summed E-state index contributed by atoms with van der Waals surface area (Å²) in [5, 5.41) is 26.3. The van der Waals surface area contributed by atoms with E-state index in [2.05, 4.69) is 36.9 Å². The van der Waals surface area contributed by atoms with Gasteiger partial charge in [0.1, 0.15) is 23.4 Å². The fourth-order valence-electron chi connectivity index (χ4n) is 6.46. The Morgan fingerprint density at radius 2 is 1.73 bits per heavy atom. The number of hydrogen-bond acceptors (Lipinski definition) is 7. The van der Waals surface area contributed by atoms with Crippen molar-refractivity contribution < 1.29 is 17.6 Å². The average molecular weight is 696 g/mol. The first-order valence-electron chi connectivity index (χ1n) is 15.4. The van der Waals surface area contributed by atoms with Gasteiger partial charge in [0.2, 0.25) is 0 Å². The van der Waals surface area contributed by atoms with Gasteiger partial charge in [-0.1, -0.05) is 40.5 Å². The van der Waals surface area contributed by atoms with Crippen LogP contribution in [0.2, 0.25) is 10.0 Å². The van der Waals surface area contributed by atoms with E-state index in [0.29, 0.717) is 57.3 Å². The highest BCUT2D eigenvalue weighted by Crippen LogP contribution is 2.42. The highest BCUT2D eigenvalue weighted by molar-refractivity contribution is 6.32. The van der Waals surface area contributed by atoms with E-state index in [1.165, 1.54) is 36.5 Å². The van der Waals surface area contributed by atoms with Gasteiger partial charge in [-0.2, -0.15) is 5.26 Å². The lowest BCUT2D eigenvalue weighted by Gasteiger charge is -2.45. The summed E-state index contributed by atoms with van der Waals surface area (Å²) >= 11 is 12.6. The molecule has 246 valence electrons. The normalized spacial score (nSPS) is 17.5. The van der Waals surface area contributed by atoms with Gasteiger partial charge < -0.3 is 10.6 Å². The molecular formula is C34H28Cl2F4N8. The van der Waals surface area contributed by atoms with Crippen LogP contribution in [0.5, 0.6) is 0 Å². The SMILES string of the molecule is N#Cc1cnc2c(N[C@@H](c3ccc(F)cc3)c3cn(C4CCN(C5CC(F)(F)C5)CC4)nn3)cc(Cl)cc2c1Nc1ccc(F)c(Cl)c1. The number of piperidine rings is 1. The smallest absolute Gasteiger partial charge is 0.251 e. The lowest BCUT2D eigenvalue weighted by Crippen LogP contribution is -2.53.